The van der Waals surface area contributed by atoms with Crippen LogP contribution in [-0.4, -0.2) is 44.8 Å². The minimum atomic E-state index is -1.32. The molecule has 2 heterocycles. The van der Waals surface area contributed by atoms with E-state index in [0.29, 0.717) is 5.56 Å². The number of rotatable bonds is 2. The van der Waals surface area contributed by atoms with E-state index in [0.717, 1.165) is 4.90 Å². The lowest BCUT2D eigenvalue weighted by Crippen LogP contribution is -2.42. The number of hydrogen-bond acceptors (Lipinski definition) is 4. The molecule has 0 bridgehead atoms. The number of carboxylic acids is 1. The number of hydrogen-bond donors (Lipinski definition) is 2. The highest BCUT2D eigenvalue weighted by molar-refractivity contribution is 5.80. The number of aromatic nitrogens is 1. The Labute approximate surface area is 96.3 Å². The second kappa shape index (κ2) is 4.38. The molecule has 1 fully saturated rings. The van der Waals surface area contributed by atoms with Gasteiger partial charge in [0.1, 0.15) is 0 Å². The molecule has 7 heteroatoms. The molecule has 7 nitrogen and oxygen atoms in total. The van der Waals surface area contributed by atoms with Crippen LogP contribution in [0.25, 0.3) is 0 Å². The number of aliphatic carboxylic acids is 1. The van der Waals surface area contributed by atoms with E-state index in [4.69, 9.17) is 14.9 Å². The maximum absolute atomic E-state index is 11.1. The van der Waals surface area contributed by atoms with Crippen molar-refractivity contribution < 1.29 is 24.5 Å². The van der Waals surface area contributed by atoms with Gasteiger partial charge in [-0.1, -0.05) is 0 Å². The van der Waals surface area contributed by atoms with Crippen molar-refractivity contribution >= 4 is 12.1 Å². The third-order valence-corrected chi connectivity index (χ3v) is 2.50. The Balaban J connectivity index is 2.30. The summed E-state index contributed by atoms with van der Waals surface area (Å²) < 4.78 is 5.22. The molecule has 2 rings (SSSR count). The Kier molecular flexibility index (Phi) is 2.92. The van der Waals surface area contributed by atoms with Gasteiger partial charge in [0, 0.05) is 18.0 Å². The fourth-order valence-corrected chi connectivity index (χ4v) is 1.72. The first-order chi connectivity index (χ1) is 8.11. The highest BCUT2D eigenvalue weighted by atomic mass is 16.5. The molecule has 2 atom stereocenters. The molecule has 1 amide bonds. The second-order valence-corrected chi connectivity index (χ2v) is 3.51. The first-order valence-electron chi connectivity index (χ1n) is 4.87. The lowest BCUT2D eigenvalue weighted by Gasteiger charge is -2.22. The lowest BCUT2D eigenvalue weighted by molar-refractivity contribution is -0.141. The quantitative estimate of drug-likeness (QED) is 0.780. The molecule has 1 saturated heterocycles. The zero-order chi connectivity index (χ0) is 12.4. The van der Waals surface area contributed by atoms with Gasteiger partial charge in [-0.05, 0) is 12.1 Å². The smallest absolute Gasteiger partial charge is 0.410 e. The van der Waals surface area contributed by atoms with Gasteiger partial charge in [-0.25, -0.2) is 9.59 Å². The number of pyridine rings is 1. The van der Waals surface area contributed by atoms with Crippen LogP contribution in [0.1, 0.15) is 11.8 Å². The van der Waals surface area contributed by atoms with Crippen LogP contribution in [0.15, 0.2) is 24.5 Å². The van der Waals surface area contributed by atoms with Crippen molar-refractivity contribution in [3.63, 3.8) is 0 Å². The number of ether oxygens (including phenoxy) is 1. The highest BCUT2D eigenvalue weighted by Crippen LogP contribution is 2.30. The summed E-state index contributed by atoms with van der Waals surface area (Å²) in [5.74, 6) is -1.22. The lowest BCUT2D eigenvalue weighted by atomic mass is 10.2. The van der Waals surface area contributed by atoms with Crippen LogP contribution in [0.5, 0.6) is 0 Å². The maximum atomic E-state index is 11.1. The Hall–Kier alpha value is -2.15. The average Bonchev–Trinajstić information content (AvgIpc) is 2.74. The van der Waals surface area contributed by atoms with Crippen molar-refractivity contribution in [2.24, 2.45) is 0 Å². The highest BCUT2D eigenvalue weighted by Gasteiger charge is 2.42. The predicted molar refractivity (Wildman–Crippen MR) is 54.2 cm³/mol. The fourth-order valence-electron chi connectivity index (χ4n) is 1.72. The maximum Gasteiger partial charge on any atom is 0.410 e. The van der Waals surface area contributed by atoms with E-state index in [1.165, 1.54) is 12.4 Å². The molecule has 0 aliphatic carbocycles. The summed E-state index contributed by atoms with van der Waals surface area (Å²) in [6.45, 7) is -0.158. The molecule has 2 unspecified atom stereocenters. The van der Waals surface area contributed by atoms with E-state index < -0.39 is 24.3 Å². The minimum Gasteiger partial charge on any atom is -0.480 e. The largest absolute Gasteiger partial charge is 0.480 e. The van der Waals surface area contributed by atoms with Crippen molar-refractivity contribution in [2.75, 3.05) is 6.61 Å². The SMILES string of the molecule is O=C(O)C1COC(c2ccncc2)N1C(=O)O. The topological polar surface area (TPSA) is 100.0 Å². The molecule has 0 aromatic carbocycles. The molecule has 0 saturated carbocycles. The van der Waals surface area contributed by atoms with Gasteiger partial charge in [0.05, 0.1) is 6.61 Å². The van der Waals surface area contributed by atoms with E-state index in [-0.39, 0.29) is 6.61 Å². The molecule has 90 valence electrons. The molecule has 1 aromatic heterocycles. The van der Waals surface area contributed by atoms with Crippen LogP contribution in [0, 0.1) is 0 Å². The van der Waals surface area contributed by atoms with Gasteiger partial charge in [0.25, 0.3) is 0 Å². The summed E-state index contributed by atoms with van der Waals surface area (Å²) in [4.78, 5) is 26.6. The third kappa shape index (κ3) is 2.04. The van der Waals surface area contributed by atoms with E-state index in [9.17, 15) is 9.59 Å². The zero-order valence-electron chi connectivity index (χ0n) is 8.68. The van der Waals surface area contributed by atoms with Gasteiger partial charge in [0.15, 0.2) is 12.3 Å². The summed E-state index contributed by atoms with van der Waals surface area (Å²) >= 11 is 0. The van der Waals surface area contributed by atoms with Gasteiger partial charge >= 0.3 is 12.1 Å². The first kappa shape index (κ1) is 11.3. The summed E-state index contributed by atoms with van der Waals surface area (Å²) in [5.41, 5.74) is 0.561. The van der Waals surface area contributed by atoms with Crippen molar-refractivity contribution in [3.05, 3.63) is 30.1 Å². The fraction of sp³-hybridized carbons (Fsp3) is 0.300. The van der Waals surface area contributed by atoms with Crippen LogP contribution in [0.3, 0.4) is 0 Å². The first-order valence-corrected chi connectivity index (χ1v) is 4.87. The molecule has 2 N–H and O–H groups in total. The molecular formula is C10H10N2O5. The summed E-state index contributed by atoms with van der Waals surface area (Å²) in [5, 5.41) is 17.9. The van der Waals surface area contributed by atoms with Gasteiger partial charge in [0.2, 0.25) is 0 Å². The van der Waals surface area contributed by atoms with Crippen LogP contribution < -0.4 is 0 Å². The van der Waals surface area contributed by atoms with Crippen LogP contribution in [-0.2, 0) is 9.53 Å². The average molecular weight is 238 g/mol. The molecule has 1 aromatic rings. The molecule has 0 spiro atoms. The van der Waals surface area contributed by atoms with E-state index in [2.05, 4.69) is 4.98 Å². The summed E-state index contributed by atoms with van der Waals surface area (Å²) in [7, 11) is 0. The predicted octanol–water partition coefficient (Wildman–Crippen LogP) is 0.544. The third-order valence-electron chi connectivity index (χ3n) is 2.50. The number of carbonyl (C=O) groups is 2. The van der Waals surface area contributed by atoms with Crippen molar-refractivity contribution in [1.82, 2.24) is 9.88 Å². The minimum absolute atomic E-state index is 0.158. The van der Waals surface area contributed by atoms with Gasteiger partial charge < -0.3 is 14.9 Å². The van der Waals surface area contributed by atoms with Crippen LogP contribution >= 0.6 is 0 Å². The monoisotopic (exact) mass is 238 g/mol. The van der Waals surface area contributed by atoms with Crippen molar-refractivity contribution in [1.29, 1.82) is 0 Å². The molecule has 1 aliphatic heterocycles. The van der Waals surface area contributed by atoms with E-state index in [1.54, 1.807) is 12.1 Å². The summed E-state index contributed by atoms with van der Waals surface area (Å²) in [6.07, 6.45) is 0.771. The van der Waals surface area contributed by atoms with E-state index in [1.807, 2.05) is 0 Å². The molecule has 0 radical (unpaired) electrons. The van der Waals surface area contributed by atoms with Crippen LogP contribution in [0.2, 0.25) is 0 Å². The Morgan fingerprint density at radius 3 is 2.53 bits per heavy atom. The van der Waals surface area contributed by atoms with Crippen molar-refractivity contribution in [3.8, 4) is 0 Å². The van der Waals surface area contributed by atoms with Crippen LogP contribution in [0.4, 0.5) is 4.79 Å². The molecule has 1 aliphatic rings. The number of nitrogens with zero attached hydrogens (tertiary/aromatic N) is 2. The normalized spacial score (nSPS) is 23.6. The Morgan fingerprint density at radius 1 is 1.35 bits per heavy atom. The zero-order valence-corrected chi connectivity index (χ0v) is 8.68. The molecular weight excluding hydrogens is 228 g/mol. The Bertz CT molecular complexity index is 436. The van der Waals surface area contributed by atoms with Gasteiger partial charge in [-0.15, -0.1) is 0 Å². The Morgan fingerprint density at radius 2 is 2.00 bits per heavy atom. The molecule has 17 heavy (non-hydrogen) atoms. The number of amides is 1. The van der Waals surface area contributed by atoms with E-state index >= 15 is 0 Å². The van der Waals surface area contributed by atoms with Gasteiger partial charge in [-0.2, -0.15) is 0 Å². The van der Waals surface area contributed by atoms with Crippen molar-refractivity contribution in [2.45, 2.75) is 12.3 Å². The standard InChI is InChI=1S/C10H10N2O5/c13-9(14)7-5-17-8(12(7)10(15)16)6-1-3-11-4-2-6/h1-4,7-8H,5H2,(H,13,14)(H,15,16). The summed E-state index contributed by atoms with van der Waals surface area (Å²) in [6, 6.07) is 2.00. The second-order valence-electron chi connectivity index (χ2n) is 3.51. The van der Waals surface area contributed by atoms with Gasteiger partial charge in [-0.3, -0.25) is 9.88 Å². The number of carboxylic acid groups (broad SMARTS) is 2.